The minimum Gasteiger partial charge on any atom is -0.366 e. The first-order chi connectivity index (χ1) is 8.79. The van der Waals surface area contributed by atoms with Crippen molar-refractivity contribution < 1.29 is 4.39 Å². The SMILES string of the molecule is CCNc1ncc(F)c(NCCn2cccn2)n1. The van der Waals surface area contributed by atoms with Crippen molar-refractivity contribution in [2.75, 3.05) is 23.7 Å². The fourth-order valence-corrected chi connectivity index (χ4v) is 1.46. The van der Waals surface area contributed by atoms with Crippen LogP contribution in [0.25, 0.3) is 0 Å². The zero-order valence-electron chi connectivity index (χ0n) is 10.1. The van der Waals surface area contributed by atoms with Crippen LogP contribution in [0.1, 0.15) is 6.92 Å². The minimum absolute atomic E-state index is 0.202. The first-order valence-electron chi connectivity index (χ1n) is 5.77. The molecule has 96 valence electrons. The number of anilines is 2. The maximum Gasteiger partial charge on any atom is 0.224 e. The van der Waals surface area contributed by atoms with E-state index < -0.39 is 5.82 Å². The zero-order chi connectivity index (χ0) is 12.8. The third-order valence-electron chi connectivity index (χ3n) is 2.27. The summed E-state index contributed by atoms with van der Waals surface area (Å²) in [6.07, 6.45) is 4.71. The van der Waals surface area contributed by atoms with Gasteiger partial charge in [-0.25, -0.2) is 9.37 Å². The van der Waals surface area contributed by atoms with Crippen LogP contribution in [0.3, 0.4) is 0 Å². The van der Waals surface area contributed by atoms with Crippen LogP contribution in [-0.4, -0.2) is 32.8 Å². The Hall–Kier alpha value is -2.18. The molecule has 2 heterocycles. The van der Waals surface area contributed by atoms with Crippen LogP contribution in [0.4, 0.5) is 16.2 Å². The lowest BCUT2D eigenvalue weighted by atomic mass is 10.5. The molecule has 0 aromatic carbocycles. The zero-order valence-corrected chi connectivity index (χ0v) is 10.1. The highest BCUT2D eigenvalue weighted by Gasteiger charge is 2.05. The van der Waals surface area contributed by atoms with Crippen LogP contribution in [0.15, 0.2) is 24.7 Å². The number of nitrogens with zero attached hydrogens (tertiary/aromatic N) is 4. The second-order valence-electron chi connectivity index (χ2n) is 3.62. The molecule has 0 spiro atoms. The van der Waals surface area contributed by atoms with Crippen molar-refractivity contribution in [2.24, 2.45) is 0 Å². The summed E-state index contributed by atoms with van der Waals surface area (Å²) < 4.78 is 15.2. The lowest BCUT2D eigenvalue weighted by molar-refractivity contribution is 0.607. The molecule has 2 N–H and O–H groups in total. The largest absolute Gasteiger partial charge is 0.366 e. The van der Waals surface area contributed by atoms with Crippen molar-refractivity contribution in [3.05, 3.63) is 30.5 Å². The van der Waals surface area contributed by atoms with Crippen LogP contribution < -0.4 is 10.6 Å². The Balaban J connectivity index is 1.93. The summed E-state index contributed by atoms with van der Waals surface area (Å²) in [5.41, 5.74) is 0. The van der Waals surface area contributed by atoms with E-state index in [4.69, 9.17) is 0 Å². The van der Waals surface area contributed by atoms with E-state index >= 15 is 0 Å². The van der Waals surface area contributed by atoms with Crippen LogP contribution in [0.2, 0.25) is 0 Å². The average Bonchev–Trinajstić information content (AvgIpc) is 2.86. The average molecular weight is 250 g/mol. The molecule has 0 aliphatic heterocycles. The second-order valence-corrected chi connectivity index (χ2v) is 3.62. The predicted octanol–water partition coefficient (Wildman–Crippen LogP) is 1.36. The highest BCUT2D eigenvalue weighted by Crippen LogP contribution is 2.11. The lowest BCUT2D eigenvalue weighted by Crippen LogP contribution is -2.14. The third-order valence-corrected chi connectivity index (χ3v) is 2.27. The van der Waals surface area contributed by atoms with Gasteiger partial charge < -0.3 is 10.6 Å². The van der Waals surface area contributed by atoms with Gasteiger partial charge in [0.1, 0.15) is 0 Å². The molecule has 0 amide bonds. The van der Waals surface area contributed by atoms with Gasteiger partial charge in [0.25, 0.3) is 0 Å². The molecule has 6 nitrogen and oxygen atoms in total. The Kier molecular flexibility index (Phi) is 4.06. The van der Waals surface area contributed by atoms with Gasteiger partial charge in [0.15, 0.2) is 11.6 Å². The summed E-state index contributed by atoms with van der Waals surface area (Å²) in [5.74, 6) is 0.158. The fourth-order valence-electron chi connectivity index (χ4n) is 1.46. The van der Waals surface area contributed by atoms with Crippen LogP contribution in [0, 0.1) is 5.82 Å². The fraction of sp³-hybridized carbons (Fsp3) is 0.364. The maximum atomic E-state index is 13.4. The molecular formula is C11H15FN6. The van der Waals surface area contributed by atoms with E-state index in [9.17, 15) is 4.39 Å². The van der Waals surface area contributed by atoms with Gasteiger partial charge >= 0.3 is 0 Å². The van der Waals surface area contributed by atoms with Crippen molar-refractivity contribution in [3.8, 4) is 0 Å². The van der Waals surface area contributed by atoms with Crippen molar-refractivity contribution >= 4 is 11.8 Å². The molecule has 0 saturated heterocycles. The predicted molar refractivity (Wildman–Crippen MR) is 66.9 cm³/mol. The number of halogens is 1. The summed E-state index contributed by atoms with van der Waals surface area (Å²) in [6.45, 7) is 3.81. The Labute approximate surface area is 104 Å². The van der Waals surface area contributed by atoms with Gasteiger partial charge in [-0.1, -0.05) is 0 Å². The van der Waals surface area contributed by atoms with Gasteiger partial charge in [-0.2, -0.15) is 10.1 Å². The molecule has 18 heavy (non-hydrogen) atoms. The first kappa shape index (κ1) is 12.3. The smallest absolute Gasteiger partial charge is 0.224 e. The van der Waals surface area contributed by atoms with Crippen molar-refractivity contribution in [1.82, 2.24) is 19.7 Å². The number of hydrogen-bond donors (Lipinski definition) is 2. The number of nitrogens with one attached hydrogen (secondary N) is 2. The van der Waals surface area contributed by atoms with E-state index in [-0.39, 0.29) is 5.82 Å². The topological polar surface area (TPSA) is 67.7 Å². The monoisotopic (exact) mass is 250 g/mol. The van der Waals surface area contributed by atoms with Crippen molar-refractivity contribution in [1.29, 1.82) is 0 Å². The number of hydrogen-bond acceptors (Lipinski definition) is 5. The summed E-state index contributed by atoms with van der Waals surface area (Å²) in [7, 11) is 0. The minimum atomic E-state index is -0.461. The highest BCUT2D eigenvalue weighted by atomic mass is 19.1. The lowest BCUT2D eigenvalue weighted by Gasteiger charge is -2.08. The molecule has 0 bridgehead atoms. The Bertz CT molecular complexity index is 484. The molecule has 7 heteroatoms. The molecule has 0 unspecified atom stereocenters. The molecular weight excluding hydrogens is 235 g/mol. The second kappa shape index (κ2) is 5.95. The van der Waals surface area contributed by atoms with E-state index in [0.717, 1.165) is 6.20 Å². The maximum absolute atomic E-state index is 13.4. The molecule has 0 aliphatic carbocycles. The van der Waals surface area contributed by atoms with Crippen LogP contribution in [-0.2, 0) is 6.54 Å². The molecule has 0 atom stereocenters. The number of rotatable bonds is 6. The van der Waals surface area contributed by atoms with Crippen LogP contribution in [0.5, 0.6) is 0 Å². The quantitative estimate of drug-likeness (QED) is 0.810. The van der Waals surface area contributed by atoms with Gasteiger partial charge in [0.05, 0.1) is 12.7 Å². The first-order valence-corrected chi connectivity index (χ1v) is 5.77. The molecule has 0 radical (unpaired) electrons. The summed E-state index contributed by atoms with van der Waals surface area (Å²) in [6, 6.07) is 1.84. The number of aromatic nitrogens is 4. The van der Waals surface area contributed by atoms with Crippen molar-refractivity contribution in [3.63, 3.8) is 0 Å². The Morgan fingerprint density at radius 3 is 3.00 bits per heavy atom. The molecule has 0 fully saturated rings. The Morgan fingerprint density at radius 2 is 2.28 bits per heavy atom. The van der Waals surface area contributed by atoms with Gasteiger partial charge in [0, 0.05) is 25.5 Å². The van der Waals surface area contributed by atoms with E-state index in [2.05, 4.69) is 25.7 Å². The van der Waals surface area contributed by atoms with Gasteiger partial charge in [-0.3, -0.25) is 4.68 Å². The summed E-state index contributed by atoms with van der Waals surface area (Å²) in [4.78, 5) is 7.87. The van der Waals surface area contributed by atoms with Gasteiger partial charge in [0.2, 0.25) is 5.95 Å². The van der Waals surface area contributed by atoms with Crippen LogP contribution >= 0.6 is 0 Å². The van der Waals surface area contributed by atoms with E-state index in [1.54, 1.807) is 10.9 Å². The standard InChI is InChI=1S/C11H15FN6/c1-2-13-11-15-8-9(12)10(17-11)14-5-7-18-6-3-4-16-18/h3-4,6,8H,2,5,7H2,1H3,(H2,13,14,15,17). The van der Waals surface area contributed by atoms with E-state index in [1.165, 1.54) is 0 Å². The van der Waals surface area contributed by atoms with E-state index in [1.807, 2.05) is 19.2 Å². The normalized spacial score (nSPS) is 10.3. The highest BCUT2D eigenvalue weighted by molar-refractivity contribution is 5.40. The molecule has 2 rings (SSSR count). The Morgan fingerprint density at radius 1 is 1.39 bits per heavy atom. The van der Waals surface area contributed by atoms with E-state index in [0.29, 0.717) is 25.6 Å². The summed E-state index contributed by atoms with van der Waals surface area (Å²) in [5, 5.41) is 9.91. The molecule has 0 saturated carbocycles. The van der Waals surface area contributed by atoms with Crippen molar-refractivity contribution in [2.45, 2.75) is 13.5 Å². The molecule has 2 aromatic heterocycles. The summed E-state index contributed by atoms with van der Waals surface area (Å²) >= 11 is 0. The van der Waals surface area contributed by atoms with Gasteiger partial charge in [-0.05, 0) is 13.0 Å². The van der Waals surface area contributed by atoms with Gasteiger partial charge in [-0.15, -0.1) is 0 Å². The molecule has 2 aromatic rings. The third kappa shape index (κ3) is 3.16. The molecule has 0 aliphatic rings.